The zero-order valence-corrected chi connectivity index (χ0v) is 21.5. The van der Waals surface area contributed by atoms with Gasteiger partial charge in [-0.05, 0) is 66.2 Å². The Kier molecular flexibility index (Phi) is 9.41. The molecule has 0 radical (unpaired) electrons. The number of nitroso groups, excluding NO2 is 1. The van der Waals surface area contributed by atoms with Gasteiger partial charge in [0.2, 0.25) is 5.91 Å². The molecule has 0 atom stereocenters. The lowest BCUT2D eigenvalue weighted by Crippen LogP contribution is -2.31. The Labute approximate surface area is 222 Å². The molecule has 3 aromatic rings. The number of alkyl halides is 3. The van der Waals surface area contributed by atoms with Crippen LogP contribution in [0.2, 0.25) is 0 Å². The van der Waals surface area contributed by atoms with E-state index in [0.717, 1.165) is 31.0 Å². The number of hydrogen-bond donors (Lipinski definition) is 3. The molecule has 0 aliphatic heterocycles. The third kappa shape index (κ3) is 7.87. The number of nitrogens with zero attached hydrogens (tertiary/aromatic N) is 1. The van der Waals surface area contributed by atoms with Crippen molar-refractivity contribution in [2.24, 2.45) is 5.18 Å². The molecule has 0 aromatic heterocycles. The number of nitrogens with one attached hydrogen (secondary N) is 3. The van der Waals surface area contributed by atoms with E-state index in [1.807, 2.05) is 11.6 Å². The summed E-state index contributed by atoms with van der Waals surface area (Å²) in [5, 5.41) is 8.11. The van der Waals surface area contributed by atoms with Gasteiger partial charge in [0.05, 0.1) is 16.9 Å². The second kappa shape index (κ2) is 12.5. The minimum absolute atomic E-state index is 0.0376. The highest BCUT2D eigenvalue weighted by atomic mass is 32.2. The van der Waals surface area contributed by atoms with Crippen LogP contribution in [0.3, 0.4) is 0 Å². The molecule has 0 aliphatic carbocycles. The van der Waals surface area contributed by atoms with Crippen molar-refractivity contribution >= 4 is 44.6 Å². The van der Waals surface area contributed by atoms with Gasteiger partial charge < -0.3 is 10.6 Å². The molecule has 206 valence electrons. The summed E-state index contributed by atoms with van der Waals surface area (Å²) in [6.07, 6.45) is -2.29. The number of amides is 2. The zero-order chi connectivity index (χ0) is 28.6. The van der Waals surface area contributed by atoms with Crippen LogP contribution in [-0.4, -0.2) is 20.2 Å². The van der Waals surface area contributed by atoms with Gasteiger partial charge in [-0.1, -0.05) is 31.9 Å². The van der Waals surface area contributed by atoms with E-state index >= 15 is 0 Å². The van der Waals surface area contributed by atoms with Crippen LogP contribution in [0.15, 0.2) is 76.8 Å². The summed E-state index contributed by atoms with van der Waals surface area (Å²) in [7, 11) is -4.28. The molecular formula is C26H25F3N4O5S. The molecule has 3 rings (SSSR count). The summed E-state index contributed by atoms with van der Waals surface area (Å²) >= 11 is 0. The molecule has 2 amide bonds. The van der Waals surface area contributed by atoms with Crippen LogP contribution >= 0.6 is 0 Å². The highest BCUT2D eigenvalue weighted by Gasteiger charge is 2.30. The summed E-state index contributed by atoms with van der Waals surface area (Å²) < 4.78 is 65.9. The molecule has 3 aromatic carbocycles. The van der Waals surface area contributed by atoms with Gasteiger partial charge in [-0.15, -0.1) is 4.91 Å². The molecule has 0 spiro atoms. The lowest BCUT2D eigenvalue weighted by atomic mass is 10.1. The normalized spacial score (nSPS) is 11.5. The molecule has 9 nitrogen and oxygen atoms in total. The van der Waals surface area contributed by atoms with Gasteiger partial charge in [0.15, 0.2) is 0 Å². The predicted octanol–water partition coefficient (Wildman–Crippen LogP) is 6.48. The summed E-state index contributed by atoms with van der Waals surface area (Å²) in [5.74, 6) is -1.43. The van der Waals surface area contributed by atoms with Crippen molar-refractivity contribution in [2.75, 3.05) is 10.6 Å². The predicted molar refractivity (Wildman–Crippen MR) is 140 cm³/mol. The van der Waals surface area contributed by atoms with E-state index in [2.05, 4.69) is 15.8 Å². The number of anilines is 3. The molecule has 0 unspecified atom stereocenters. The maximum absolute atomic E-state index is 12.9. The van der Waals surface area contributed by atoms with Gasteiger partial charge in [0.1, 0.15) is 10.6 Å². The van der Waals surface area contributed by atoms with Crippen molar-refractivity contribution in [3.05, 3.63) is 82.8 Å². The number of benzene rings is 3. The molecule has 39 heavy (non-hydrogen) atoms. The van der Waals surface area contributed by atoms with Crippen molar-refractivity contribution in [1.29, 1.82) is 0 Å². The third-order valence-electron chi connectivity index (χ3n) is 5.53. The second-order valence-corrected chi connectivity index (χ2v) is 10.1. The average molecular weight is 563 g/mol. The first-order chi connectivity index (χ1) is 18.4. The summed E-state index contributed by atoms with van der Waals surface area (Å²) in [4.78, 5) is 36.1. The molecule has 0 saturated carbocycles. The van der Waals surface area contributed by atoms with E-state index in [0.29, 0.717) is 6.42 Å². The number of hydrogen-bond acceptors (Lipinski definition) is 7. The van der Waals surface area contributed by atoms with Gasteiger partial charge in [0, 0.05) is 17.7 Å². The standard InChI is InChI=1S/C26H25F3N4O5S/c1-2-3-4-9-24(34)33-39(37,38)23-8-6-5-7-21(23)31-25(35)17-10-15-20(22(16-17)32-36)30-19-13-11-18(12-14-19)26(27,28)29/h5-8,10-16,30H,2-4,9H2,1H3,(H,31,35)(H,33,34). The van der Waals surface area contributed by atoms with E-state index in [4.69, 9.17) is 0 Å². The summed E-state index contributed by atoms with van der Waals surface area (Å²) in [6.45, 7) is 1.95. The molecule has 0 bridgehead atoms. The second-order valence-electron chi connectivity index (χ2n) is 8.46. The SMILES string of the molecule is CCCCCC(=O)NS(=O)(=O)c1ccccc1NC(=O)c1ccc(Nc2ccc(C(F)(F)F)cc2)c(N=O)c1. The van der Waals surface area contributed by atoms with E-state index in [1.54, 1.807) is 0 Å². The first kappa shape index (κ1) is 29.3. The van der Waals surface area contributed by atoms with Gasteiger partial charge in [-0.3, -0.25) is 9.59 Å². The first-order valence-electron chi connectivity index (χ1n) is 11.8. The summed E-state index contributed by atoms with van der Waals surface area (Å²) in [5.41, 5.74) is -0.798. The van der Waals surface area contributed by atoms with Crippen LogP contribution in [-0.2, 0) is 21.0 Å². The molecule has 0 fully saturated rings. The van der Waals surface area contributed by atoms with Crippen molar-refractivity contribution < 1.29 is 31.2 Å². The van der Waals surface area contributed by atoms with E-state index in [1.165, 1.54) is 48.5 Å². The Morgan fingerprint density at radius 2 is 1.62 bits per heavy atom. The third-order valence-corrected chi connectivity index (χ3v) is 6.96. The maximum Gasteiger partial charge on any atom is 0.416 e. The van der Waals surface area contributed by atoms with Crippen LogP contribution in [0.1, 0.15) is 48.5 Å². The Morgan fingerprint density at radius 1 is 0.923 bits per heavy atom. The van der Waals surface area contributed by atoms with Crippen LogP contribution in [0.25, 0.3) is 0 Å². The highest BCUT2D eigenvalue weighted by molar-refractivity contribution is 7.90. The van der Waals surface area contributed by atoms with Crippen LogP contribution in [0.4, 0.5) is 35.9 Å². The van der Waals surface area contributed by atoms with Gasteiger partial charge in [0.25, 0.3) is 15.9 Å². The lowest BCUT2D eigenvalue weighted by Gasteiger charge is -2.14. The number of para-hydroxylation sites is 1. The molecule has 3 N–H and O–H groups in total. The van der Waals surface area contributed by atoms with Gasteiger partial charge in [-0.25, -0.2) is 13.1 Å². The van der Waals surface area contributed by atoms with E-state index in [-0.39, 0.29) is 39.6 Å². The number of rotatable bonds is 11. The Hall–Kier alpha value is -4.26. The van der Waals surface area contributed by atoms with Crippen molar-refractivity contribution in [3.63, 3.8) is 0 Å². The minimum Gasteiger partial charge on any atom is -0.354 e. The number of unbranched alkanes of at least 4 members (excludes halogenated alkanes) is 2. The fraction of sp³-hybridized carbons (Fsp3) is 0.231. The van der Waals surface area contributed by atoms with E-state index < -0.39 is 33.6 Å². The fourth-order valence-corrected chi connectivity index (χ4v) is 4.72. The average Bonchev–Trinajstić information content (AvgIpc) is 2.88. The number of carbonyl (C=O) groups excluding carboxylic acids is 2. The van der Waals surface area contributed by atoms with Gasteiger partial charge >= 0.3 is 6.18 Å². The molecule has 0 saturated heterocycles. The zero-order valence-electron chi connectivity index (χ0n) is 20.7. The number of halogens is 3. The van der Waals surface area contributed by atoms with Crippen LogP contribution < -0.4 is 15.4 Å². The maximum atomic E-state index is 12.9. The minimum atomic E-state index is -4.50. The Balaban J connectivity index is 1.77. The van der Waals surface area contributed by atoms with Crippen LogP contribution in [0, 0.1) is 4.91 Å². The molecule has 13 heteroatoms. The number of carbonyl (C=O) groups is 2. The van der Waals surface area contributed by atoms with Crippen LogP contribution in [0.5, 0.6) is 0 Å². The topological polar surface area (TPSA) is 134 Å². The molecule has 0 heterocycles. The first-order valence-corrected chi connectivity index (χ1v) is 13.3. The van der Waals surface area contributed by atoms with Crippen molar-refractivity contribution in [2.45, 2.75) is 43.7 Å². The van der Waals surface area contributed by atoms with Gasteiger partial charge in [-0.2, -0.15) is 13.2 Å². The lowest BCUT2D eigenvalue weighted by molar-refractivity contribution is -0.137. The number of sulfonamides is 1. The monoisotopic (exact) mass is 562 g/mol. The van der Waals surface area contributed by atoms with Crippen molar-refractivity contribution in [1.82, 2.24) is 4.72 Å². The molecular weight excluding hydrogens is 537 g/mol. The molecule has 0 aliphatic rings. The Bertz CT molecular complexity index is 1460. The van der Waals surface area contributed by atoms with Crippen molar-refractivity contribution in [3.8, 4) is 0 Å². The smallest absolute Gasteiger partial charge is 0.354 e. The fourth-order valence-electron chi connectivity index (χ4n) is 3.54. The highest BCUT2D eigenvalue weighted by Crippen LogP contribution is 2.33. The summed E-state index contributed by atoms with van der Waals surface area (Å²) in [6, 6.07) is 13.4. The largest absolute Gasteiger partial charge is 0.416 e. The van der Waals surface area contributed by atoms with E-state index in [9.17, 15) is 36.1 Å². The Morgan fingerprint density at radius 3 is 2.26 bits per heavy atom. The quantitative estimate of drug-likeness (QED) is 0.181.